The van der Waals surface area contributed by atoms with E-state index in [1.807, 2.05) is 0 Å². The van der Waals surface area contributed by atoms with Crippen molar-refractivity contribution in [3.05, 3.63) is 72.0 Å². The second-order valence-corrected chi connectivity index (χ2v) is 6.97. The van der Waals surface area contributed by atoms with Crippen LogP contribution in [0.2, 0.25) is 5.02 Å². The molecule has 0 radical (unpaired) electrons. The molecule has 0 spiro atoms. The zero-order valence-electron chi connectivity index (χ0n) is 13.5. The molecule has 0 aromatic heterocycles. The summed E-state index contributed by atoms with van der Waals surface area (Å²) in [6.45, 7) is 6.77. The predicted molar refractivity (Wildman–Crippen MR) is 102 cm³/mol. The lowest BCUT2D eigenvalue weighted by Crippen LogP contribution is -2.22. The summed E-state index contributed by atoms with van der Waals surface area (Å²) in [5.41, 5.74) is 0.888. The lowest BCUT2D eigenvalue weighted by Gasteiger charge is -2.07. The second-order valence-electron chi connectivity index (χ2n) is 4.88. The van der Waals surface area contributed by atoms with Crippen molar-refractivity contribution in [2.45, 2.75) is 4.90 Å². The van der Waals surface area contributed by atoms with Crippen LogP contribution in [-0.2, 0) is 10.0 Å². The van der Waals surface area contributed by atoms with Crippen molar-refractivity contribution in [1.82, 2.24) is 4.72 Å². The minimum Gasteiger partial charge on any atom is -0.506 e. The van der Waals surface area contributed by atoms with Crippen LogP contribution >= 0.6 is 11.6 Å². The van der Waals surface area contributed by atoms with Crippen LogP contribution in [0.25, 0.3) is 0 Å². The number of sulfonamides is 1. The number of phenols is 1. The molecule has 0 atom stereocenters. The van der Waals surface area contributed by atoms with Crippen LogP contribution in [0.15, 0.2) is 87.1 Å². The molecule has 26 heavy (non-hydrogen) atoms. The van der Waals surface area contributed by atoms with Gasteiger partial charge in [0.2, 0.25) is 0 Å². The minimum atomic E-state index is -3.81. The van der Waals surface area contributed by atoms with Gasteiger partial charge in [-0.25, -0.2) is 13.4 Å². The molecule has 0 aliphatic rings. The van der Waals surface area contributed by atoms with Crippen LogP contribution < -0.4 is 4.72 Å². The average molecular weight is 391 g/mol. The SMILES string of the molecule is C=CC=C(N=C)NS(=O)(=O)c1ccc(N=Nc2ccc(O)c(Cl)c2)cc1. The number of rotatable bonds is 7. The highest BCUT2D eigenvalue weighted by molar-refractivity contribution is 7.89. The summed E-state index contributed by atoms with van der Waals surface area (Å²) < 4.78 is 26.8. The Morgan fingerprint density at radius 3 is 2.31 bits per heavy atom. The van der Waals surface area contributed by atoms with E-state index in [0.29, 0.717) is 11.4 Å². The molecule has 0 saturated heterocycles. The molecule has 0 aliphatic heterocycles. The third-order valence-electron chi connectivity index (χ3n) is 3.04. The first-order chi connectivity index (χ1) is 12.4. The van der Waals surface area contributed by atoms with Gasteiger partial charge in [0.1, 0.15) is 11.6 Å². The van der Waals surface area contributed by atoms with Crippen LogP contribution in [0, 0.1) is 0 Å². The zero-order chi connectivity index (χ0) is 19.2. The maximum atomic E-state index is 12.3. The van der Waals surface area contributed by atoms with Gasteiger partial charge in [-0.3, -0.25) is 4.72 Å². The summed E-state index contributed by atoms with van der Waals surface area (Å²) in [5.74, 6) is 0.0135. The lowest BCUT2D eigenvalue weighted by atomic mass is 10.3. The Morgan fingerprint density at radius 1 is 1.12 bits per heavy atom. The highest BCUT2D eigenvalue weighted by atomic mass is 35.5. The molecular formula is C17H15ClN4O3S. The Labute approximate surface area is 156 Å². The number of allylic oxidation sites excluding steroid dienone is 2. The van der Waals surface area contributed by atoms with Crippen molar-refractivity contribution in [1.29, 1.82) is 0 Å². The quantitative estimate of drug-likeness (QED) is 0.414. The van der Waals surface area contributed by atoms with Gasteiger partial charge >= 0.3 is 0 Å². The molecule has 0 bridgehead atoms. The van der Waals surface area contributed by atoms with Crippen molar-refractivity contribution < 1.29 is 13.5 Å². The van der Waals surface area contributed by atoms with Gasteiger partial charge in [0.05, 0.1) is 21.3 Å². The largest absolute Gasteiger partial charge is 0.506 e. The molecule has 2 rings (SSSR count). The standard InChI is InChI=1S/C17H15ClN4O3S/c1-3-4-17(19-2)22-26(24,25)14-8-5-12(6-9-14)20-21-13-7-10-16(23)15(18)11-13/h3-11,22-23H,1-2H2. The summed E-state index contributed by atoms with van der Waals surface area (Å²) in [7, 11) is -3.81. The van der Waals surface area contributed by atoms with Gasteiger partial charge in [0, 0.05) is 0 Å². The fourth-order valence-electron chi connectivity index (χ4n) is 1.79. The molecule has 9 heteroatoms. The Hall–Kier alpha value is -2.97. The van der Waals surface area contributed by atoms with E-state index in [-0.39, 0.29) is 21.5 Å². The highest BCUT2D eigenvalue weighted by Gasteiger charge is 2.14. The van der Waals surface area contributed by atoms with Crippen molar-refractivity contribution >= 4 is 39.7 Å². The van der Waals surface area contributed by atoms with Crippen LogP contribution in [-0.4, -0.2) is 20.2 Å². The summed E-state index contributed by atoms with van der Waals surface area (Å²) in [6.07, 6.45) is 2.78. The molecule has 0 fully saturated rings. The van der Waals surface area contributed by atoms with Gasteiger partial charge in [-0.05, 0) is 55.3 Å². The fourth-order valence-corrected chi connectivity index (χ4v) is 2.99. The smallest absolute Gasteiger partial charge is 0.263 e. The zero-order valence-corrected chi connectivity index (χ0v) is 15.1. The molecule has 0 amide bonds. The van der Waals surface area contributed by atoms with E-state index in [4.69, 9.17) is 11.6 Å². The first kappa shape index (κ1) is 19.4. The number of phenolic OH excluding ortho intramolecular Hbond substituents is 1. The maximum absolute atomic E-state index is 12.3. The Balaban J connectivity index is 2.18. The average Bonchev–Trinajstić information content (AvgIpc) is 2.62. The molecule has 0 unspecified atom stereocenters. The highest BCUT2D eigenvalue weighted by Crippen LogP contribution is 2.28. The molecule has 2 aromatic carbocycles. The van der Waals surface area contributed by atoms with E-state index in [1.54, 1.807) is 6.07 Å². The molecule has 0 heterocycles. The van der Waals surface area contributed by atoms with E-state index in [1.165, 1.54) is 48.6 Å². The van der Waals surface area contributed by atoms with Gasteiger partial charge in [-0.15, -0.1) is 0 Å². The Kier molecular flexibility index (Phi) is 6.26. The number of nitrogens with one attached hydrogen (secondary N) is 1. The normalized spacial score (nSPS) is 12.1. The van der Waals surface area contributed by atoms with E-state index < -0.39 is 10.0 Å². The number of azo groups is 1. The first-order valence-corrected chi connectivity index (χ1v) is 9.04. The van der Waals surface area contributed by atoms with E-state index in [2.05, 4.69) is 33.2 Å². The Morgan fingerprint density at radius 2 is 1.73 bits per heavy atom. The fraction of sp³-hybridized carbons (Fsp3) is 0. The Bertz CT molecular complexity index is 984. The number of halogens is 1. The number of benzene rings is 2. The van der Waals surface area contributed by atoms with Crippen molar-refractivity contribution in [2.75, 3.05) is 0 Å². The van der Waals surface area contributed by atoms with E-state index in [9.17, 15) is 13.5 Å². The lowest BCUT2D eigenvalue weighted by molar-refractivity contribution is 0.475. The van der Waals surface area contributed by atoms with E-state index in [0.717, 1.165) is 0 Å². The van der Waals surface area contributed by atoms with Gasteiger partial charge in [0.15, 0.2) is 0 Å². The van der Waals surface area contributed by atoms with Crippen LogP contribution in [0.3, 0.4) is 0 Å². The molecule has 134 valence electrons. The molecule has 2 aromatic rings. The minimum absolute atomic E-state index is 0.0303. The maximum Gasteiger partial charge on any atom is 0.263 e. The topological polar surface area (TPSA) is 103 Å². The van der Waals surface area contributed by atoms with Crippen LogP contribution in [0.5, 0.6) is 5.75 Å². The first-order valence-electron chi connectivity index (χ1n) is 7.18. The van der Waals surface area contributed by atoms with Gasteiger partial charge in [-0.1, -0.05) is 24.3 Å². The van der Waals surface area contributed by atoms with Gasteiger partial charge in [0.25, 0.3) is 10.0 Å². The monoisotopic (exact) mass is 390 g/mol. The second kappa shape index (κ2) is 8.41. The number of nitrogens with zero attached hydrogens (tertiary/aromatic N) is 3. The molecule has 0 aliphatic carbocycles. The van der Waals surface area contributed by atoms with Crippen LogP contribution in [0.1, 0.15) is 0 Å². The molecular weight excluding hydrogens is 376 g/mol. The number of hydrogen-bond acceptors (Lipinski definition) is 6. The summed E-state index contributed by atoms with van der Waals surface area (Å²) in [6, 6.07) is 10.2. The predicted octanol–water partition coefficient (Wildman–Crippen LogP) is 4.47. The van der Waals surface area contributed by atoms with Gasteiger partial charge in [-0.2, -0.15) is 10.2 Å². The third-order valence-corrected chi connectivity index (χ3v) is 4.72. The summed E-state index contributed by atoms with van der Waals surface area (Å²) in [4.78, 5) is 3.60. The third kappa shape index (κ3) is 5.01. The van der Waals surface area contributed by atoms with Crippen LogP contribution in [0.4, 0.5) is 11.4 Å². The van der Waals surface area contributed by atoms with Crippen molar-refractivity contribution in [3.8, 4) is 5.75 Å². The molecule has 7 nitrogen and oxygen atoms in total. The van der Waals surface area contributed by atoms with Gasteiger partial charge < -0.3 is 5.11 Å². The summed E-state index contributed by atoms with van der Waals surface area (Å²) >= 11 is 5.79. The molecule has 2 N–H and O–H groups in total. The number of hydrogen-bond donors (Lipinski definition) is 2. The number of aromatic hydroxyl groups is 1. The van der Waals surface area contributed by atoms with Crippen molar-refractivity contribution in [3.63, 3.8) is 0 Å². The summed E-state index contributed by atoms with van der Waals surface area (Å²) in [5, 5.41) is 17.5. The van der Waals surface area contributed by atoms with Crippen molar-refractivity contribution in [2.24, 2.45) is 15.2 Å². The van der Waals surface area contributed by atoms with E-state index >= 15 is 0 Å². The molecule has 0 saturated carbocycles. The number of aliphatic imine (C=N–C) groups is 1.